The number of hydrogen-bond acceptors (Lipinski definition) is 5. The Morgan fingerprint density at radius 1 is 1.03 bits per heavy atom. The Balaban J connectivity index is 1.44. The molecule has 0 N–H and O–H groups in total. The van der Waals surface area contributed by atoms with Crippen LogP contribution in [-0.2, 0) is 21.4 Å². The zero-order valence-electron chi connectivity index (χ0n) is 22.0. The van der Waals surface area contributed by atoms with Crippen molar-refractivity contribution in [3.63, 3.8) is 0 Å². The van der Waals surface area contributed by atoms with Gasteiger partial charge in [-0.05, 0) is 90.0 Å². The van der Waals surface area contributed by atoms with Gasteiger partial charge in [0.05, 0.1) is 24.5 Å². The molecule has 0 radical (unpaired) electrons. The summed E-state index contributed by atoms with van der Waals surface area (Å²) in [6, 6.07) is 18.7. The predicted octanol–water partition coefficient (Wildman–Crippen LogP) is 7.19. The van der Waals surface area contributed by atoms with E-state index in [4.69, 9.17) is 0 Å². The van der Waals surface area contributed by atoms with Gasteiger partial charge in [-0.2, -0.15) is 5.10 Å². The molecule has 4 aromatic rings. The molecule has 0 bridgehead atoms. The molecule has 1 fully saturated rings. The number of aryl methyl sites for hydroxylation is 1. The lowest BCUT2D eigenvalue weighted by Crippen LogP contribution is -2.32. The molecule has 6 nitrogen and oxygen atoms in total. The summed E-state index contributed by atoms with van der Waals surface area (Å²) in [4.78, 5) is 26.2. The van der Waals surface area contributed by atoms with Gasteiger partial charge in [-0.3, -0.25) is 9.48 Å². The van der Waals surface area contributed by atoms with Gasteiger partial charge in [0.25, 0.3) is 0 Å². The average molecular weight is 544 g/mol. The topological polar surface area (TPSA) is 64.4 Å². The zero-order chi connectivity index (χ0) is 27.4. The average Bonchev–Trinajstić information content (AvgIpc) is 3.34. The number of rotatable bonds is 7. The number of amides is 1. The van der Waals surface area contributed by atoms with Crippen LogP contribution in [0.3, 0.4) is 0 Å². The van der Waals surface area contributed by atoms with E-state index >= 15 is 0 Å². The van der Waals surface area contributed by atoms with Gasteiger partial charge < -0.3 is 4.74 Å². The molecular weight excluding hydrogens is 513 g/mol. The van der Waals surface area contributed by atoms with Crippen molar-refractivity contribution in [2.75, 3.05) is 11.4 Å². The largest absolute Gasteiger partial charge is 0.466 e. The Bertz CT molecular complexity index is 1520. The first-order chi connectivity index (χ1) is 18.9. The number of halogens is 1. The summed E-state index contributed by atoms with van der Waals surface area (Å²) in [5, 5.41) is 5.39. The van der Waals surface area contributed by atoms with E-state index in [1.54, 1.807) is 10.4 Å². The Morgan fingerprint density at radius 2 is 1.77 bits per heavy atom. The van der Waals surface area contributed by atoms with Gasteiger partial charge in [-0.15, -0.1) is 0 Å². The van der Waals surface area contributed by atoms with Gasteiger partial charge in [-0.1, -0.05) is 37.5 Å². The third-order valence-electron chi connectivity index (χ3n) is 7.04. The highest BCUT2D eigenvalue weighted by Crippen LogP contribution is 2.36. The molecule has 1 aliphatic carbocycles. The molecule has 0 unspecified atom stereocenters. The molecule has 39 heavy (non-hydrogen) atoms. The number of anilines is 1. The van der Waals surface area contributed by atoms with Crippen molar-refractivity contribution in [3.8, 4) is 11.1 Å². The number of aromatic nitrogens is 2. The third-order valence-corrected chi connectivity index (χ3v) is 8.09. The molecule has 200 valence electrons. The van der Waals surface area contributed by atoms with Crippen molar-refractivity contribution in [3.05, 3.63) is 84.3 Å². The number of carbonyl (C=O) groups excluding carboxylic acids is 2. The lowest BCUT2D eigenvalue weighted by Gasteiger charge is -2.28. The van der Waals surface area contributed by atoms with Crippen LogP contribution in [0.2, 0.25) is 0 Å². The van der Waals surface area contributed by atoms with E-state index in [0.717, 1.165) is 59.0 Å². The van der Waals surface area contributed by atoms with E-state index in [1.165, 1.54) is 43.3 Å². The highest BCUT2D eigenvalue weighted by Gasteiger charge is 2.28. The Labute approximate surface area is 231 Å². The summed E-state index contributed by atoms with van der Waals surface area (Å²) < 4.78 is 22.8. The van der Waals surface area contributed by atoms with E-state index < -0.39 is 11.8 Å². The smallest absolute Gasteiger partial charge is 0.330 e. The molecule has 1 heterocycles. The fourth-order valence-electron chi connectivity index (χ4n) is 4.94. The molecule has 5 rings (SSSR count). The van der Waals surface area contributed by atoms with Crippen LogP contribution in [0, 0.1) is 11.7 Å². The molecule has 1 aromatic heterocycles. The Kier molecular flexibility index (Phi) is 8.12. The standard InChI is InChI=1S/C31H30FN3O3S/c1-34-29-14-11-24(18-25(29)20-33-34)22-9-12-28(13-10-22)39-35(31(37)23-6-4-3-5-7-23)27-17-21(16-26(32)19-27)8-15-30(36)38-2/h8-20,23H,3-7H2,1-2H3/b15-8+. The van der Waals surface area contributed by atoms with E-state index in [1.807, 2.05) is 42.2 Å². The minimum atomic E-state index is -0.534. The van der Waals surface area contributed by atoms with Crippen molar-refractivity contribution < 1.29 is 18.7 Å². The van der Waals surface area contributed by atoms with E-state index in [9.17, 15) is 14.0 Å². The number of nitrogens with zero attached hydrogens (tertiary/aromatic N) is 3. The Morgan fingerprint density at radius 3 is 2.51 bits per heavy atom. The third kappa shape index (κ3) is 6.23. The van der Waals surface area contributed by atoms with Gasteiger partial charge in [0.2, 0.25) is 5.91 Å². The van der Waals surface area contributed by atoms with Crippen LogP contribution < -0.4 is 4.31 Å². The van der Waals surface area contributed by atoms with E-state index in [-0.39, 0.29) is 11.8 Å². The second kappa shape index (κ2) is 11.9. The number of benzene rings is 3. The highest BCUT2D eigenvalue weighted by atomic mass is 32.2. The molecule has 1 saturated carbocycles. The number of methoxy groups -OCH3 is 1. The Hall–Kier alpha value is -3.91. The van der Waals surface area contributed by atoms with Crippen LogP contribution in [0.25, 0.3) is 28.1 Å². The fraction of sp³-hybridized carbons (Fsp3) is 0.258. The highest BCUT2D eigenvalue weighted by molar-refractivity contribution is 8.01. The second-order valence-electron chi connectivity index (χ2n) is 9.72. The lowest BCUT2D eigenvalue weighted by molar-refractivity contribution is -0.134. The first-order valence-corrected chi connectivity index (χ1v) is 13.8. The molecule has 3 aromatic carbocycles. The number of ether oxygens (including phenoxy) is 1. The van der Waals surface area contributed by atoms with Crippen molar-refractivity contribution in [1.29, 1.82) is 0 Å². The van der Waals surface area contributed by atoms with Gasteiger partial charge >= 0.3 is 5.97 Å². The van der Waals surface area contributed by atoms with Crippen molar-refractivity contribution >= 4 is 46.5 Å². The van der Waals surface area contributed by atoms with Crippen LogP contribution in [0.5, 0.6) is 0 Å². The number of carbonyl (C=O) groups is 2. The van der Waals surface area contributed by atoms with E-state index in [0.29, 0.717) is 11.3 Å². The molecule has 0 spiro atoms. The van der Waals surface area contributed by atoms with Gasteiger partial charge in [0, 0.05) is 29.3 Å². The summed E-state index contributed by atoms with van der Waals surface area (Å²) in [6.07, 6.45) is 9.40. The minimum absolute atomic E-state index is 0.0284. The van der Waals surface area contributed by atoms with Crippen LogP contribution >= 0.6 is 11.9 Å². The second-order valence-corrected chi connectivity index (χ2v) is 10.7. The number of hydrogen-bond donors (Lipinski definition) is 0. The molecule has 0 saturated heterocycles. The summed E-state index contributed by atoms with van der Waals surface area (Å²) >= 11 is 1.29. The molecular formula is C31H30FN3O3S. The number of fused-ring (bicyclic) bond motifs is 1. The van der Waals surface area contributed by atoms with Crippen LogP contribution in [-0.4, -0.2) is 28.8 Å². The van der Waals surface area contributed by atoms with Crippen molar-refractivity contribution in [2.45, 2.75) is 37.0 Å². The molecule has 0 aliphatic heterocycles. The summed E-state index contributed by atoms with van der Waals surface area (Å²) in [6.45, 7) is 0. The van der Waals surface area contributed by atoms with Gasteiger partial charge in [-0.25, -0.2) is 13.5 Å². The first-order valence-electron chi connectivity index (χ1n) is 13.0. The SMILES string of the molecule is COC(=O)/C=C/c1cc(F)cc(N(Sc2ccc(-c3ccc4c(cnn4C)c3)cc2)C(=O)C2CCCCC2)c1. The van der Waals surface area contributed by atoms with Crippen molar-refractivity contribution in [2.24, 2.45) is 13.0 Å². The van der Waals surface area contributed by atoms with Crippen LogP contribution in [0.4, 0.5) is 10.1 Å². The van der Waals surface area contributed by atoms with Crippen molar-refractivity contribution in [1.82, 2.24) is 9.78 Å². The van der Waals surface area contributed by atoms with E-state index in [2.05, 4.69) is 28.0 Å². The maximum atomic E-state index is 14.7. The maximum Gasteiger partial charge on any atom is 0.330 e. The lowest BCUT2D eigenvalue weighted by atomic mass is 9.88. The van der Waals surface area contributed by atoms with Gasteiger partial charge in [0.1, 0.15) is 5.82 Å². The summed E-state index contributed by atoms with van der Waals surface area (Å²) in [5.41, 5.74) is 4.11. The molecule has 0 atom stereocenters. The minimum Gasteiger partial charge on any atom is -0.466 e. The monoisotopic (exact) mass is 543 g/mol. The summed E-state index contributed by atoms with van der Waals surface area (Å²) in [7, 11) is 3.21. The summed E-state index contributed by atoms with van der Waals surface area (Å²) in [5.74, 6) is -1.15. The molecule has 1 aliphatic rings. The normalized spacial score (nSPS) is 14.1. The van der Waals surface area contributed by atoms with Crippen LogP contribution in [0.1, 0.15) is 37.7 Å². The fourth-order valence-corrected chi connectivity index (χ4v) is 5.86. The first kappa shape index (κ1) is 26.7. The molecule has 8 heteroatoms. The maximum absolute atomic E-state index is 14.7. The van der Waals surface area contributed by atoms with Crippen LogP contribution in [0.15, 0.2) is 77.8 Å². The quantitative estimate of drug-likeness (QED) is 0.140. The zero-order valence-corrected chi connectivity index (χ0v) is 22.8. The number of esters is 1. The predicted molar refractivity (Wildman–Crippen MR) is 154 cm³/mol. The molecule has 1 amide bonds. The van der Waals surface area contributed by atoms with Gasteiger partial charge in [0.15, 0.2) is 0 Å².